The molecule has 0 radical (unpaired) electrons. The van der Waals surface area contributed by atoms with Crippen molar-refractivity contribution in [1.29, 1.82) is 0 Å². The number of H-pyrrole nitrogens is 1. The van der Waals surface area contributed by atoms with E-state index in [1.807, 2.05) is 13.0 Å². The van der Waals surface area contributed by atoms with Crippen LogP contribution < -0.4 is 5.32 Å². The fourth-order valence-corrected chi connectivity index (χ4v) is 1.63. The van der Waals surface area contributed by atoms with E-state index < -0.39 is 6.10 Å². The second-order valence-electron chi connectivity index (χ2n) is 3.49. The highest BCUT2D eigenvalue weighted by Gasteiger charge is 2.12. The summed E-state index contributed by atoms with van der Waals surface area (Å²) in [6.07, 6.45) is 1.12. The second kappa shape index (κ2) is 3.96. The number of rotatable bonds is 3. The Morgan fingerprint density at radius 1 is 1.60 bits per heavy atom. The molecule has 0 amide bonds. The van der Waals surface area contributed by atoms with Crippen LogP contribution in [-0.4, -0.2) is 33.7 Å². The van der Waals surface area contributed by atoms with Crippen LogP contribution in [0, 0.1) is 6.92 Å². The summed E-state index contributed by atoms with van der Waals surface area (Å²) >= 11 is 0. The number of aliphatic hydroxyl groups excluding tert-OH is 1. The molecule has 5 nitrogen and oxygen atoms in total. The maximum atomic E-state index is 9.89. The van der Waals surface area contributed by atoms with E-state index in [-0.39, 0.29) is 0 Å². The zero-order valence-electron chi connectivity index (χ0n) is 8.78. The van der Waals surface area contributed by atoms with E-state index in [9.17, 15) is 5.11 Å². The normalized spacial score (nSPS) is 13.3. The summed E-state index contributed by atoms with van der Waals surface area (Å²) in [6, 6.07) is 1.81. The predicted octanol–water partition coefficient (Wildman–Crippen LogP) is 0.519. The summed E-state index contributed by atoms with van der Waals surface area (Å²) in [4.78, 5) is 11.5. The molecule has 80 valence electrons. The Balaban J connectivity index is 2.50. The summed E-state index contributed by atoms with van der Waals surface area (Å²) in [5.41, 5.74) is 2.30. The first-order valence-electron chi connectivity index (χ1n) is 4.86. The third-order valence-electron chi connectivity index (χ3n) is 2.30. The van der Waals surface area contributed by atoms with Gasteiger partial charge in [-0.1, -0.05) is 0 Å². The Labute approximate surface area is 87.6 Å². The molecule has 0 aliphatic rings. The van der Waals surface area contributed by atoms with Crippen LogP contribution >= 0.6 is 0 Å². The molecule has 3 N–H and O–H groups in total. The summed E-state index contributed by atoms with van der Waals surface area (Å²) in [7, 11) is 1.81. The number of aryl methyl sites for hydroxylation is 1. The number of hydrogen-bond donors (Lipinski definition) is 3. The molecule has 0 saturated carbocycles. The zero-order chi connectivity index (χ0) is 10.8. The molecule has 0 aliphatic heterocycles. The van der Waals surface area contributed by atoms with Crippen molar-refractivity contribution in [3.8, 4) is 0 Å². The van der Waals surface area contributed by atoms with Crippen molar-refractivity contribution < 1.29 is 5.11 Å². The van der Waals surface area contributed by atoms with Crippen molar-refractivity contribution in [3.05, 3.63) is 23.7 Å². The first-order valence-corrected chi connectivity index (χ1v) is 4.86. The van der Waals surface area contributed by atoms with E-state index in [2.05, 4.69) is 20.3 Å². The smallest absolute Gasteiger partial charge is 0.178 e. The van der Waals surface area contributed by atoms with Gasteiger partial charge in [-0.05, 0) is 20.0 Å². The molecule has 15 heavy (non-hydrogen) atoms. The highest BCUT2D eigenvalue weighted by Crippen LogP contribution is 2.20. The van der Waals surface area contributed by atoms with E-state index in [4.69, 9.17) is 0 Å². The number of fused-ring (bicyclic) bond motifs is 1. The second-order valence-corrected chi connectivity index (χ2v) is 3.49. The van der Waals surface area contributed by atoms with Crippen LogP contribution in [0.15, 0.2) is 12.3 Å². The van der Waals surface area contributed by atoms with Crippen molar-refractivity contribution in [2.45, 2.75) is 13.0 Å². The van der Waals surface area contributed by atoms with Gasteiger partial charge in [0.2, 0.25) is 0 Å². The van der Waals surface area contributed by atoms with Crippen LogP contribution in [0.3, 0.4) is 0 Å². The molecule has 2 aromatic rings. The van der Waals surface area contributed by atoms with Crippen molar-refractivity contribution in [2.75, 3.05) is 13.6 Å². The average Bonchev–Trinajstić information content (AvgIpc) is 2.57. The predicted molar refractivity (Wildman–Crippen MR) is 57.5 cm³/mol. The Hall–Kier alpha value is -1.46. The van der Waals surface area contributed by atoms with Gasteiger partial charge >= 0.3 is 0 Å². The Kier molecular flexibility index (Phi) is 2.66. The molecule has 0 spiro atoms. The van der Waals surface area contributed by atoms with Crippen molar-refractivity contribution in [2.24, 2.45) is 0 Å². The monoisotopic (exact) mass is 206 g/mol. The van der Waals surface area contributed by atoms with Gasteiger partial charge in [0.1, 0.15) is 5.82 Å². The van der Waals surface area contributed by atoms with Crippen molar-refractivity contribution >= 4 is 11.2 Å². The fraction of sp³-hybridized carbons (Fsp3) is 0.400. The maximum absolute atomic E-state index is 9.89. The number of hydrogen-bond acceptors (Lipinski definition) is 4. The van der Waals surface area contributed by atoms with Gasteiger partial charge in [0.05, 0.1) is 11.6 Å². The van der Waals surface area contributed by atoms with Gasteiger partial charge in [0, 0.05) is 18.3 Å². The topological polar surface area (TPSA) is 73.8 Å². The van der Waals surface area contributed by atoms with E-state index in [1.165, 1.54) is 0 Å². The minimum atomic E-state index is -0.541. The Bertz CT molecular complexity index is 465. The number of likely N-dealkylation sites (N-methyl/N-ethyl adjacent to an activating group) is 1. The summed E-state index contributed by atoms with van der Waals surface area (Å²) in [5.74, 6) is 0.807. The quantitative estimate of drug-likeness (QED) is 0.684. The maximum Gasteiger partial charge on any atom is 0.178 e. The van der Waals surface area contributed by atoms with Gasteiger partial charge < -0.3 is 15.4 Å². The summed E-state index contributed by atoms with van der Waals surface area (Å²) in [6.45, 7) is 2.38. The Morgan fingerprint density at radius 3 is 3.13 bits per heavy atom. The average molecular weight is 206 g/mol. The molecular weight excluding hydrogens is 192 g/mol. The lowest BCUT2D eigenvalue weighted by Gasteiger charge is -2.10. The van der Waals surface area contributed by atoms with Gasteiger partial charge in [-0.15, -0.1) is 0 Å². The molecule has 0 fully saturated rings. The van der Waals surface area contributed by atoms with E-state index in [0.29, 0.717) is 12.2 Å². The number of nitrogens with one attached hydrogen (secondary N) is 2. The molecule has 1 unspecified atom stereocenters. The molecule has 0 saturated heterocycles. The molecule has 0 aromatic carbocycles. The molecule has 2 aromatic heterocycles. The van der Waals surface area contributed by atoms with Gasteiger partial charge in [-0.25, -0.2) is 9.97 Å². The van der Waals surface area contributed by atoms with E-state index in [1.54, 1.807) is 13.2 Å². The number of aromatic nitrogens is 3. The molecule has 0 aliphatic carbocycles. The van der Waals surface area contributed by atoms with Crippen LogP contribution in [0.4, 0.5) is 0 Å². The van der Waals surface area contributed by atoms with Crippen LogP contribution in [0.1, 0.15) is 17.5 Å². The van der Waals surface area contributed by atoms with Crippen LogP contribution in [0.25, 0.3) is 11.2 Å². The van der Waals surface area contributed by atoms with Gasteiger partial charge in [0.15, 0.2) is 5.65 Å². The lowest BCUT2D eigenvalue weighted by Crippen LogP contribution is -2.17. The Morgan fingerprint density at radius 2 is 2.40 bits per heavy atom. The fourth-order valence-electron chi connectivity index (χ4n) is 1.63. The standard InChI is InChI=1S/C10H14N4O/c1-6-13-9-7(8(15)5-11-2)3-4-12-10(9)14-6/h3-4,8,11,15H,5H2,1-2H3,(H,12,13,14). The number of pyridine rings is 1. The molecule has 2 heterocycles. The first kappa shape index (κ1) is 10.1. The minimum absolute atomic E-state index is 0.511. The number of aliphatic hydroxyl groups is 1. The number of imidazole rings is 1. The largest absolute Gasteiger partial charge is 0.387 e. The van der Waals surface area contributed by atoms with Crippen LogP contribution in [-0.2, 0) is 0 Å². The third kappa shape index (κ3) is 1.84. The highest BCUT2D eigenvalue weighted by molar-refractivity contribution is 5.75. The molecule has 5 heteroatoms. The van der Waals surface area contributed by atoms with E-state index >= 15 is 0 Å². The lowest BCUT2D eigenvalue weighted by molar-refractivity contribution is 0.179. The molecular formula is C10H14N4O. The SMILES string of the molecule is CNCC(O)c1ccnc2nc(C)[nH]c12. The molecule has 0 bridgehead atoms. The minimum Gasteiger partial charge on any atom is -0.387 e. The summed E-state index contributed by atoms with van der Waals surface area (Å²) in [5, 5.41) is 12.8. The van der Waals surface area contributed by atoms with Gasteiger partial charge in [-0.3, -0.25) is 0 Å². The van der Waals surface area contributed by atoms with Crippen LogP contribution in [0.2, 0.25) is 0 Å². The summed E-state index contributed by atoms with van der Waals surface area (Å²) < 4.78 is 0. The molecule has 2 rings (SSSR count). The first-order chi connectivity index (χ1) is 7.22. The third-order valence-corrected chi connectivity index (χ3v) is 2.30. The van der Waals surface area contributed by atoms with E-state index in [0.717, 1.165) is 16.9 Å². The highest BCUT2D eigenvalue weighted by atomic mass is 16.3. The van der Waals surface area contributed by atoms with Gasteiger partial charge in [-0.2, -0.15) is 0 Å². The van der Waals surface area contributed by atoms with Crippen molar-refractivity contribution in [1.82, 2.24) is 20.3 Å². The molecule has 1 atom stereocenters. The van der Waals surface area contributed by atoms with Crippen LogP contribution in [0.5, 0.6) is 0 Å². The van der Waals surface area contributed by atoms with Crippen molar-refractivity contribution in [3.63, 3.8) is 0 Å². The number of aromatic amines is 1. The van der Waals surface area contributed by atoms with Gasteiger partial charge in [0.25, 0.3) is 0 Å². The lowest BCUT2D eigenvalue weighted by atomic mass is 10.1. The number of nitrogens with zero attached hydrogens (tertiary/aromatic N) is 2. The zero-order valence-corrected chi connectivity index (χ0v) is 8.78.